The summed E-state index contributed by atoms with van der Waals surface area (Å²) < 4.78 is 5.27. The molecule has 6 nitrogen and oxygen atoms in total. The molecule has 0 radical (unpaired) electrons. The number of likely N-dealkylation sites (tertiary alicyclic amines) is 1. The fourth-order valence-corrected chi connectivity index (χ4v) is 3.20. The fraction of sp³-hybridized carbons (Fsp3) is 0.357. The zero-order chi connectivity index (χ0) is 14.8. The maximum Gasteiger partial charge on any atom is 0.273 e. The smallest absolute Gasteiger partial charge is 0.273 e. The van der Waals surface area contributed by atoms with Gasteiger partial charge in [-0.05, 0) is 25.0 Å². The predicted molar refractivity (Wildman–Crippen MR) is 77.6 cm³/mol. The van der Waals surface area contributed by atoms with Gasteiger partial charge in [-0.15, -0.1) is 11.3 Å². The van der Waals surface area contributed by atoms with Crippen molar-refractivity contribution in [1.82, 2.24) is 9.88 Å². The average Bonchev–Trinajstić information content (AvgIpc) is 3.17. The molecule has 2 aromatic rings. The highest BCUT2D eigenvalue weighted by molar-refractivity contribution is 7.13. The largest absolute Gasteiger partial charge is 0.462 e. The number of carbonyl (C=O) groups excluding carboxylic acids is 2. The summed E-state index contributed by atoms with van der Waals surface area (Å²) in [6.07, 6.45) is 3.10. The van der Waals surface area contributed by atoms with E-state index in [0.717, 1.165) is 12.8 Å². The lowest BCUT2D eigenvalue weighted by molar-refractivity contribution is -0.123. The number of piperidine rings is 1. The molecule has 7 heteroatoms. The number of primary amides is 1. The van der Waals surface area contributed by atoms with Crippen LogP contribution < -0.4 is 5.73 Å². The highest BCUT2D eigenvalue weighted by atomic mass is 32.1. The molecule has 0 spiro atoms. The second-order valence-corrected chi connectivity index (χ2v) is 5.87. The van der Waals surface area contributed by atoms with Crippen LogP contribution in [0.15, 0.2) is 28.2 Å². The predicted octanol–water partition coefficient (Wildman–Crippen LogP) is 1.74. The van der Waals surface area contributed by atoms with Crippen LogP contribution in [0.25, 0.3) is 10.8 Å². The SMILES string of the molecule is NC(=O)C1CCCN(C(=O)c2csc(-c3ccco3)n2)C1. The van der Waals surface area contributed by atoms with Crippen molar-refractivity contribution in [3.05, 3.63) is 29.5 Å². The van der Waals surface area contributed by atoms with E-state index >= 15 is 0 Å². The van der Waals surface area contributed by atoms with Gasteiger partial charge in [0, 0.05) is 18.5 Å². The number of rotatable bonds is 3. The monoisotopic (exact) mass is 305 g/mol. The van der Waals surface area contributed by atoms with E-state index in [4.69, 9.17) is 10.2 Å². The van der Waals surface area contributed by atoms with E-state index in [2.05, 4.69) is 4.98 Å². The molecule has 21 heavy (non-hydrogen) atoms. The standard InChI is InChI=1S/C14H15N3O3S/c15-12(18)9-3-1-5-17(7-9)14(19)10-8-21-13(16-10)11-4-2-6-20-11/h2,4,6,8-9H,1,3,5,7H2,(H2,15,18). The normalized spacial score (nSPS) is 18.7. The molecular weight excluding hydrogens is 290 g/mol. The maximum atomic E-state index is 12.4. The van der Waals surface area contributed by atoms with Gasteiger partial charge in [0.2, 0.25) is 5.91 Å². The number of aromatic nitrogens is 1. The highest BCUT2D eigenvalue weighted by Crippen LogP contribution is 2.25. The van der Waals surface area contributed by atoms with Crippen LogP contribution in [-0.4, -0.2) is 34.8 Å². The van der Waals surface area contributed by atoms with E-state index in [1.165, 1.54) is 11.3 Å². The van der Waals surface area contributed by atoms with Crippen LogP contribution in [-0.2, 0) is 4.79 Å². The molecule has 0 aliphatic carbocycles. The van der Waals surface area contributed by atoms with Crippen molar-refractivity contribution in [2.45, 2.75) is 12.8 Å². The van der Waals surface area contributed by atoms with Crippen molar-refractivity contribution >= 4 is 23.2 Å². The van der Waals surface area contributed by atoms with Crippen LogP contribution in [0.4, 0.5) is 0 Å². The van der Waals surface area contributed by atoms with Crippen LogP contribution >= 0.6 is 11.3 Å². The summed E-state index contributed by atoms with van der Waals surface area (Å²) >= 11 is 1.36. The van der Waals surface area contributed by atoms with E-state index in [9.17, 15) is 9.59 Å². The minimum absolute atomic E-state index is 0.157. The number of furan rings is 1. The highest BCUT2D eigenvalue weighted by Gasteiger charge is 2.28. The molecule has 2 amide bonds. The lowest BCUT2D eigenvalue weighted by atomic mass is 9.97. The summed E-state index contributed by atoms with van der Waals surface area (Å²) in [5, 5.41) is 2.39. The Labute approximate surface area is 125 Å². The molecule has 110 valence electrons. The van der Waals surface area contributed by atoms with Crippen molar-refractivity contribution in [1.29, 1.82) is 0 Å². The molecule has 1 saturated heterocycles. The van der Waals surface area contributed by atoms with Crippen molar-refractivity contribution in [2.24, 2.45) is 11.7 Å². The van der Waals surface area contributed by atoms with E-state index in [1.54, 1.807) is 28.7 Å². The molecule has 3 rings (SSSR count). The third-order valence-corrected chi connectivity index (χ3v) is 4.42. The zero-order valence-electron chi connectivity index (χ0n) is 11.3. The van der Waals surface area contributed by atoms with Gasteiger partial charge in [-0.1, -0.05) is 0 Å². The van der Waals surface area contributed by atoms with E-state index in [0.29, 0.717) is 29.6 Å². The van der Waals surface area contributed by atoms with E-state index in [-0.39, 0.29) is 17.7 Å². The van der Waals surface area contributed by atoms with Gasteiger partial charge in [-0.3, -0.25) is 9.59 Å². The lowest BCUT2D eigenvalue weighted by Crippen LogP contribution is -2.44. The number of carbonyl (C=O) groups is 2. The van der Waals surface area contributed by atoms with Crippen LogP contribution in [0.3, 0.4) is 0 Å². The second-order valence-electron chi connectivity index (χ2n) is 5.01. The minimum Gasteiger partial charge on any atom is -0.462 e. The summed E-state index contributed by atoms with van der Waals surface area (Å²) in [4.78, 5) is 29.7. The van der Waals surface area contributed by atoms with Gasteiger partial charge in [-0.2, -0.15) is 0 Å². The second kappa shape index (κ2) is 5.69. The van der Waals surface area contributed by atoms with Crippen molar-refractivity contribution in [2.75, 3.05) is 13.1 Å². The first-order chi connectivity index (χ1) is 10.1. The Kier molecular flexibility index (Phi) is 3.74. The third kappa shape index (κ3) is 2.82. The van der Waals surface area contributed by atoms with Gasteiger partial charge in [0.15, 0.2) is 10.8 Å². The molecule has 1 fully saturated rings. The Bertz CT molecular complexity index is 650. The van der Waals surface area contributed by atoms with Crippen LogP contribution in [0.5, 0.6) is 0 Å². The van der Waals surface area contributed by atoms with Gasteiger partial charge in [0.25, 0.3) is 5.91 Å². The first-order valence-electron chi connectivity index (χ1n) is 6.73. The van der Waals surface area contributed by atoms with Gasteiger partial charge in [-0.25, -0.2) is 4.98 Å². The number of nitrogens with zero attached hydrogens (tertiary/aromatic N) is 2. The van der Waals surface area contributed by atoms with Gasteiger partial charge in [0.1, 0.15) is 5.69 Å². The zero-order valence-corrected chi connectivity index (χ0v) is 12.1. The molecule has 3 heterocycles. The molecule has 0 aromatic carbocycles. The van der Waals surface area contributed by atoms with Gasteiger partial charge in [0.05, 0.1) is 12.2 Å². The summed E-state index contributed by atoms with van der Waals surface area (Å²) in [7, 11) is 0. The molecule has 2 aromatic heterocycles. The van der Waals surface area contributed by atoms with Crippen LogP contribution in [0.2, 0.25) is 0 Å². The summed E-state index contributed by atoms with van der Waals surface area (Å²) in [6.45, 7) is 1.01. The molecule has 1 atom stereocenters. The Morgan fingerprint density at radius 2 is 2.33 bits per heavy atom. The number of nitrogens with two attached hydrogens (primary N) is 1. The summed E-state index contributed by atoms with van der Waals surface area (Å²) in [5.74, 6) is -0.115. The molecule has 2 N–H and O–H groups in total. The Balaban J connectivity index is 1.74. The number of hydrogen-bond donors (Lipinski definition) is 1. The third-order valence-electron chi connectivity index (χ3n) is 3.57. The first kappa shape index (κ1) is 13.8. The van der Waals surface area contributed by atoms with Crippen molar-refractivity contribution in [3.8, 4) is 10.8 Å². The van der Waals surface area contributed by atoms with Gasteiger partial charge < -0.3 is 15.1 Å². The molecule has 1 aliphatic heterocycles. The van der Waals surface area contributed by atoms with Crippen LogP contribution in [0, 0.1) is 5.92 Å². The van der Waals surface area contributed by atoms with Gasteiger partial charge >= 0.3 is 0 Å². The minimum atomic E-state index is -0.345. The molecule has 0 saturated carbocycles. The summed E-state index contributed by atoms with van der Waals surface area (Å²) in [6, 6.07) is 3.58. The fourth-order valence-electron chi connectivity index (χ4n) is 2.44. The molecule has 1 aliphatic rings. The van der Waals surface area contributed by atoms with Crippen molar-refractivity contribution < 1.29 is 14.0 Å². The van der Waals surface area contributed by atoms with Crippen LogP contribution in [0.1, 0.15) is 23.3 Å². The number of thiazole rings is 1. The quantitative estimate of drug-likeness (QED) is 0.935. The Morgan fingerprint density at radius 3 is 3.05 bits per heavy atom. The number of amides is 2. The first-order valence-corrected chi connectivity index (χ1v) is 7.61. The topological polar surface area (TPSA) is 89.4 Å². The Morgan fingerprint density at radius 1 is 1.48 bits per heavy atom. The Hall–Kier alpha value is -2.15. The average molecular weight is 305 g/mol. The van der Waals surface area contributed by atoms with E-state index < -0.39 is 0 Å². The maximum absolute atomic E-state index is 12.4. The van der Waals surface area contributed by atoms with E-state index in [1.807, 2.05) is 0 Å². The summed E-state index contributed by atoms with van der Waals surface area (Å²) in [5.41, 5.74) is 5.72. The number of hydrogen-bond acceptors (Lipinski definition) is 5. The van der Waals surface area contributed by atoms with Crippen molar-refractivity contribution in [3.63, 3.8) is 0 Å². The molecule has 0 bridgehead atoms. The lowest BCUT2D eigenvalue weighted by Gasteiger charge is -2.30. The molecular formula is C14H15N3O3S. The molecule has 1 unspecified atom stereocenters.